The molecule has 0 saturated heterocycles. The largest absolute Gasteiger partial charge is 0.398 e. The number of rotatable bonds is 2. The SMILES string of the molecule is CC1(C)CCCC1NC(=O)c1ccc(N)c(Br)c1. The van der Waals surface area contributed by atoms with Crippen LogP contribution in [-0.2, 0) is 0 Å². The number of nitrogens with one attached hydrogen (secondary N) is 1. The molecule has 1 unspecified atom stereocenters. The Kier molecular flexibility index (Phi) is 3.66. The van der Waals surface area contributed by atoms with Gasteiger partial charge in [-0.1, -0.05) is 20.3 Å². The summed E-state index contributed by atoms with van der Waals surface area (Å²) in [6.45, 7) is 4.42. The highest BCUT2D eigenvalue weighted by Crippen LogP contribution is 2.37. The monoisotopic (exact) mass is 310 g/mol. The smallest absolute Gasteiger partial charge is 0.251 e. The maximum atomic E-state index is 12.2. The fourth-order valence-corrected chi connectivity index (χ4v) is 2.88. The number of nitrogen functional groups attached to an aromatic ring is 1. The number of hydrogen-bond donors (Lipinski definition) is 2. The minimum Gasteiger partial charge on any atom is -0.398 e. The second-order valence-electron chi connectivity index (χ2n) is 5.64. The molecular formula is C14H19BrN2O. The highest BCUT2D eigenvalue weighted by atomic mass is 79.9. The molecule has 1 saturated carbocycles. The number of anilines is 1. The summed E-state index contributed by atoms with van der Waals surface area (Å²) in [6, 6.07) is 5.55. The van der Waals surface area contributed by atoms with Gasteiger partial charge in [-0.2, -0.15) is 0 Å². The second-order valence-corrected chi connectivity index (χ2v) is 6.50. The number of carbonyl (C=O) groups is 1. The highest BCUT2D eigenvalue weighted by Gasteiger charge is 2.35. The first-order chi connectivity index (χ1) is 8.40. The fraction of sp³-hybridized carbons (Fsp3) is 0.500. The predicted octanol–water partition coefficient (Wildman–Crippen LogP) is 3.34. The van der Waals surface area contributed by atoms with Gasteiger partial charge in [0.05, 0.1) is 0 Å². The number of carbonyl (C=O) groups excluding carboxylic acids is 1. The lowest BCUT2D eigenvalue weighted by Gasteiger charge is -2.27. The summed E-state index contributed by atoms with van der Waals surface area (Å²) in [4.78, 5) is 12.2. The second kappa shape index (κ2) is 4.92. The van der Waals surface area contributed by atoms with Crippen molar-refractivity contribution >= 4 is 27.5 Å². The molecule has 0 spiro atoms. The molecule has 0 heterocycles. The van der Waals surface area contributed by atoms with Crippen LogP contribution in [0.2, 0.25) is 0 Å². The van der Waals surface area contributed by atoms with Crippen molar-refractivity contribution in [1.29, 1.82) is 0 Å². The van der Waals surface area contributed by atoms with Crippen LogP contribution in [0.15, 0.2) is 22.7 Å². The molecule has 3 nitrogen and oxygen atoms in total. The number of nitrogens with two attached hydrogens (primary N) is 1. The Morgan fingerprint density at radius 1 is 1.50 bits per heavy atom. The average Bonchev–Trinajstić information content (AvgIpc) is 2.62. The van der Waals surface area contributed by atoms with Gasteiger partial charge in [0.25, 0.3) is 5.91 Å². The van der Waals surface area contributed by atoms with Gasteiger partial charge in [0.15, 0.2) is 0 Å². The molecule has 1 atom stereocenters. The zero-order chi connectivity index (χ0) is 13.3. The van der Waals surface area contributed by atoms with Gasteiger partial charge in [-0.15, -0.1) is 0 Å². The summed E-state index contributed by atoms with van der Waals surface area (Å²) >= 11 is 3.34. The van der Waals surface area contributed by atoms with E-state index in [2.05, 4.69) is 35.1 Å². The van der Waals surface area contributed by atoms with Crippen LogP contribution in [0, 0.1) is 5.41 Å². The van der Waals surface area contributed by atoms with Gasteiger partial charge in [-0.25, -0.2) is 0 Å². The Labute approximate surface area is 116 Å². The summed E-state index contributed by atoms with van der Waals surface area (Å²) in [5.74, 6) is -0.0179. The topological polar surface area (TPSA) is 55.1 Å². The third-order valence-electron chi connectivity index (χ3n) is 3.83. The quantitative estimate of drug-likeness (QED) is 0.823. The Hall–Kier alpha value is -1.03. The number of benzene rings is 1. The van der Waals surface area contributed by atoms with Crippen LogP contribution >= 0.6 is 15.9 Å². The summed E-state index contributed by atoms with van der Waals surface area (Å²) in [6.07, 6.45) is 3.42. The maximum absolute atomic E-state index is 12.2. The lowest BCUT2D eigenvalue weighted by atomic mass is 9.87. The van der Waals surface area contributed by atoms with Gasteiger partial charge in [-0.05, 0) is 52.4 Å². The van der Waals surface area contributed by atoms with Crippen molar-refractivity contribution in [2.45, 2.75) is 39.2 Å². The van der Waals surface area contributed by atoms with Crippen LogP contribution in [-0.4, -0.2) is 11.9 Å². The van der Waals surface area contributed by atoms with Crippen molar-refractivity contribution in [3.8, 4) is 0 Å². The number of amides is 1. The third-order valence-corrected chi connectivity index (χ3v) is 4.51. The maximum Gasteiger partial charge on any atom is 0.251 e. The standard InChI is InChI=1S/C14H19BrN2O/c1-14(2)7-3-4-12(14)17-13(18)9-5-6-11(16)10(15)8-9/h5-6,8,12H,3-4,7,16H2,1-2H3,(H,17,18). The van der Waals surface area contributed by atoms with Gasteiger partial charge < -0.3 is 11.1 Å². The van der Waals surface area contributed by atoms with Crippen LogP contribution in [0.4, 0.5) is 5.69 Å². The molecule has 18 heavy (non-hydrogen) atoms. The van der Waals surface area contributed by atoms with Crippen molar-refractivity contribution in [2.24, 2.45) is 5.41 Å². The first kappa shape index (κ1) is 13.4. The molecule has 1 aromatic rings. The summed E-state index contributed by atoms with van der Waals surface area (Å²) in [5.41, 5.74) is 7.21. The van der Waals surface area contributed by atoms with E-state index < -0.39 is 0 Å². The van der Waals surface area contributed by atoms with E-state index >= 15 is 0 Å². The average molecular weight is 311 g/mol. The van der Waals surface area contributed by atoms with Crippen molar-refractivity contribution in [1.82, 2.24) is 5.32 Å². The normalized spacial score (nSPS) is 21.8. The van der Waals surface area contributed by atoms with Crippen LogP contribution in [0.1, 0.15) is 43.5 Å². The lowest BCUT2D eigenvalue weighted by molar-refractivity contribution is 0.0910. The van der Waals surface area contributed by atoms with Crippen molar-refractivity contribution in [3.63, 3.8) is 0 Å². The van der Waals surface area contributed by atoms with Gasteiger partial charge in [0.1, 0.15) is 0 Å². The molecule has 0 bridgehead atoms. The first-order valence-electron chi connectivity index (χ1n) is 6.26. The number of halogens is 1. The molecule has 4 heteroatoms. The summed E-state index contributed by atoms with van der Waals surface area (Å²) in [7, 11) is 0. The zero-order valence-electron chi connectivity index (χ0n) is 10.8. The molecule has 1 aromatic carbocycles. The molecule has 0 aliphatic heterocycles. The summed E-state index contributed by atoms with van der Waals surface area (Å²) < 4.78 is 0.765. The fourth-order valence-electron chi connectivity index (χ4n) is 2.50. The van der Waals surface area contributed by atoms with E-state index in [9.17, 15) is 4.79 Å². The van der Waals surface area contributed by atoms with Gasteiger partial charge in [-0.3, -0.25) is 4.79 Å². The zero-order valence-corrected chi connectivity index (χ0v) is 12.4. The van der Waals surface area contributed by atoms with E-state index in [0.717, 1.165) is 10.9 Å². The van der Waals surface area contributed by atoms with E-state index in [1.807, 2.05) is 0 Å². The van der Waals surface area contributed by atoms with Crippen molar-refractivity contribution in [3.05, 3.63) is 28.2 Å². The molecule has 0 radical (unpaired) electrons. The van der Waals surface area contributed by atoms with Crippen molar-refractivity contribution in [2.75, 3.05) is 5.73 Å². The minimum absolute atomic E-state index is 0.0179. The lowest BCUT2D eigenvalue weighted by Crippen LogP contribution is -2.41. The van der Waals surface area contributed by atoms with Gasteiger partial charge in [0.2, 0.25) is 0 Å². The molecular weight excluding hydrogens is 292 g/mol. The molecule has 0 aromatic heterocycles. The molecule has 1 amide bonds. The van der Waals surface area contributed by atoms with E-state index in [-0.39, 0.29) is 17.4 Å². The molecule has 2 rings (SSSR count). The third kappa shape index (κ3) is 2.69. The highest BCUT2D eigenvalue weighted by molar-refractivity contribution is 9.10. The Morgan fingerprint density at radius 3 is 2.78 bits per heavy atom. The Bertz CT molecular complexity index is 471. The molecule has 1 fully saturated rings. The molecule has 1 aliphatic carbocycles. The van der Waals surface area contributed by atoms with Crippen LogP contribution < -0.4 is 11.1 Å². The molecule has 1 aliphatic rings. The molecule has 98 valence electrons. The van der Waals surface area contributed by atoms with E-state index in [1.54, 1.807) is 18.2 Å². The Morgan fingerprint density at radius 2 is 2.22 bits per heavy atom. The van der Waals surface area contributed by atoms with E-state index in [1.165, 1.54) is 12.8 Å². The van der Waals surface area contributed by atoms with Crippen molar-refractivity contribution < 1.29 is 4.79 Å². The summed E-state index contributed by atoms with van der Waals surface area (Å²) in [5, 5.41) is 3.13. The minimum atomic E-state index is -0.0179. The van der Waals surface area contributed by atoms with Crippen LogP contribution in [0.5, 0.6) is 0 Å². The predicted molar refractivity (Wildman–Crippen MR) is 77.4 cm³/mol. The van der Waals surface area contributed by atoms with E-state index in [0.29, 0.717) is 11.3 Å². The number of hydrogen-bond acceptors (Lipinski definition) is 2. The Balaban J connectivity index is 2.10. The molecule has 3 N–H and O–H groups in total. The van der Waals surface area contributed by atoms with Gasteiger partial charge in [0, 0.05) is 21.8 Å². The van der Waals surface area contributed by atoms with E-state index in [4.69, 9.17) is 5.73 Å². The van der Waals surface area contributed by atoms with Crippen LogP contribution in [0.25, 0.3) is 0 Å². The van der Waals surface area contributed by atoms with Crippen LogP contribution in [0.3, 0.4) is 0 Å². The first-order valence-corrected chi connectivity index (χ1v) is 7.05. The van der Waals surface area contributed by atoms with Gasteiger partial charge >= 0.3 is 0 Å².